The van der Waals surface area contributed by atoms with Crippen LogP contribution in [-0.4, -0.2) is 59.2 Å². The molecule has 154 valence electrons. The summed E-state index contributed by atoms with van der Waals surface area (Å²) >= 11 is 12.7. The van der Waals surface area contributed by atoms with Gasteiger partial charge >= 0.3 is 0 Å². The minimum atomic E-state index is -0.319. The van der Waals surface area contributed by atoms with Gasteiger partial charge in [0.05, 0.1) is 10.0 Å². The van der Waals surface area contributed by atoms with Gasteiger partial charge in [-0.3, -0.25) is 0 Å². The van der Waals surface area contributed by atoms with Crippen LogP contribution in [-0.2, 0) is 10.7 Å². The molecular formula is C21H21B5Cl2N4. The van der Waals surface area contributed by atoms with Gasteiger partial charge in [0.2, 0.25) is 0 Å². The average Bonchev–Trinajstić information content (AvgIpc) is 3.21. The summed E-state index contributed by atoms with van der Waals surface area (Å²) in [6, 6.07) is 16.8. The van der Waals surface area contributed by atoms with Gasteiger partial charge in [-0.25, -0.2) is 9.50 Å². The summed E-state index contributed by atoms with van der Waals surface area (Å²) in [6.07, 6.45) is 3.60. The highest BCUT2D eigenvalue weighted by atomic mass is 35.5. The third kappa shape index (κ3) is 3.17. The summed E-state index contributed by atoms with van der Waals surface area (Å²) in [5, 5.41) is 8.57. The summed E-state index contributed by atoms with van der Waals surface area (Å²) in [5.41, 5.74) is 6.77. The van der Waals surface area contributed by atoms with E-state index in [1.54, 1.807) is 10.8 Å². The molecule has 1 N–H and O–H groups in total. The monoisotopic (exact) mass is 454 g/mol. The second-order valence-electron chi connectivity index (χ2n) is 9.87. The third-order valence-corrected chi connectivity index (χ3v) is 7.95. The Bertz CT molecular complexity index is 1370. The number of hydrogen-bond donors (Lipinski definition) is 1. The first-order valence-corrected chi connectivity index (χ1v) is 11.5. The molecule has 2 aromatic heterocycles. The van der Waals surface area contributed by atoms with Crippen LogP contribution in [0.4, 0.5) is 0 Å². The Morgan fingerprint density at radius 2 is 1.56 bits per heavy atom. The quantitative estimate of drug-likeness (QED) is 0.415. The van der Waals surface area contributed by atoms with Gasteiger partial charge in [-0.1, -0.05) is 47.5 Å². The molecule has 1 aliphatic rings. The lowest BCUT2D eigenvalue weighted by atomic mass is 9.32. The molecule has 1 aliphatic heterocycles. The van der Waals surface area contributed by atoms with Crippen molar-refractivity contribution >= 4 is 68.1 Å². The van der Waals surface area contributed by atoms with E-state index in [4.69, 9.17) is 23.2 Å². The first-order chi connectivity index (χ1) is 15.0. The van der Waals surface area contributed by atoms with Crippen molar-refractivity contribution in [2.45, 2.75) is 16.0 Å². The molecule has 0 saturated carbocycles. The van der Waals surface area contributed by atoms with E-state index in [9.17, 15) is 0 Å². The molecule has 0 amide bonds. The maximum atomic E-state index is 6.45. The molecule has 0 aliphatic carbocycles. The van der Waals surface area contributed by atoms with Crippen LogP contribution in [0, 0.1) is 0 Å². The topological polar surface area (TPSA) is 42.2 Å². The van der Waals surface area contributed by atoms with Crippen LogP contribution in [0.3, 0.4) is 0 Å². The minimum absolute atomic E-state index is 0.220. The smallest absolute Gasteiger partial charge is 0.155 e. The Morgan fingerprint density at radius 3 is 2.31 bits per heavy atom. The molecule has 4 aromatic rings. The molecule has 0 bridgehead atoms. The molecule has 0 spiro atoms. The van der Waals surface area contributed by atoms with Crippen molar-refractivity contribution in [3.63, 3.8) is 0 Å². The highest BCUT2D eigenvalue weighted by Crippen LogP contribution is 2.46. The molecule has 1 unspecified atom stereocenters. The molecule has 2 aromatic carbocycles. The summed E-state index contributed by atoms with van der Waals surface area (Å²) in [7, 11) is 11.3. The molecule has 0 radical (unpaired) electrons. The maximum absolute atomic E-state index is 6.45. The lowest BCUT2D eigenvalue weighted by Crippen LogP contribution is -2.72. The van der Waals surface area contributed by atoms with E-state index in [1.165, 1.54) is 11.1 Å². The van der Waals surface area contributed by atoms with Crippen LogP contribution in [0.2, 0.25) is 10.0 Å². The van der Waals surface area contributed by atoms with Gasteiger partial charge in [-0.2, -0.15) is 5.10 Å². The lowest BCUT2D eigenvalue weighted by Gasteiger charge is -2.57. The van der Waals surface area contributed by atoms with Gasteiger partial charge in [0.25, 0.3) is 0 Å². The largest absolute Gasteiger partial charge is 0.332 e. The summed E-state index contributed by atoms with van der Waals surface area (Å²) < 4.78 is 1.81. The van der Waals surface area contributed by atoms with E-state index < -0.39 is 0 Å². The van der Waals surface area contributed by atoms with Crippen molar-refractivity contribution in [1.82, 2.24) is 19.9 Å². The second kappa shape index (κ2) is 7.21. The Balaban J connectivity index is 1.73. The molecule has 32 heavy (non-hydrogen) atoms. The molecule has 4 nitrogen and oxygen atoms in total. The molecular weight excluding hydrogens is 433 g/mol. The second-order valence-corrected chi connectivity index (χ2v) is 10.7. The molecule has 1 atom stereocenters. The molecule has 3 heterocycles. The Kier molecular flexibility index (Phi) is 4.90. The van der Waals surface area contributed by atoms with Gasteiger partial charge in [0, 0.05) is 11.8 Å². The number of pyridine rings is 1. The number of hydrogen-bond acceptors (Lipinski definition) is 3. The molecule has 0 saturated heterocycles. The zero-order valence-electron chi connectivity index (χ0n) is 18.9. The van der Waals surface area contributed by atoms with Crippen molar-refractivity contribution in [2.75, 3.05) is 0 Å². The first-order valence-electron chi connectivity index (χ1n) is 10.7. The van der Waals surface area contributed by atoms with Gasteiger partial charge in [0.15, 0.2) is 5.65 Å². The predicted octanol–water partition coefficient (Wildman–Crippen LogP) is -0.521. The SMILES string of the molecule is BC1(B)NC(B)(B)C(B)(c2ccc(Cl)c(Cl)c2)c2ccc(-c3ccc4ncnn4c3)cc21. The normalized spacial score (nSPS) is 21.3. The number of benzene rings is 2. The Morgan fingerprint density at radius 1 is 0.812 bits per heavy atom. The van der Waals surface area contributed by atoms with E-state index in [2.05, 4.69) is 85.0 Å². The van der Waals surface area contributed by atoms with Crippen LogP contribution in [0.1, 0.15) is 16.7 Å². The van der Waals surface area contributed by atoms with Crippen LogP contribution >= 0.6 is 23.2 Å². The van der Waals surface area contributed by atoms with Crippen molar-refractivity contribution in [3.05, 3.63) is 87.8 Å². The van der Waals surface area contributed by atoms with Gasteiger partial charge in [0.1, 0.15) is 45.6 Å². The average molecular weight is 454 g/mol. The predicted molar refractivity (Wildman–Crippen MR) is 146 cm³/mol. The number of nitrogens with one attached hydrogen (secondary N) is 1. The van der Waals surface area contributed by atoms with E-state index in [0.29, 0.717) is 10.0 Å². The molecule has 0 fully saturated rings. The Hall–Kier alpha value is -2.08. The summed E-state index contributed by atoms with van der Waals surface area (Å²) in [5.74, 6) is 0. The summed E-state index contributed by atoms with van der Waals surface area (Å²) in [6.45, 7) is 0. The Labute approximate surface area is 202 Å². The zero-order chi connectivity index (χ0) is 22.9. The van der Waals surface area contributed by atoms with E-state index in [-0.39, 0.29) is 16.0 Å². The van der Waals surface area contributed by atoms with Crippen LogP contribution in [0.15, 0.2) is 61.1 Å². The highest BCUT2D eigenvalue weighted by molar-refractivity contribution is 6.49. The zero-order valence-corrected chi connectivity index (χ0v) is 20.4. The van der Waals surface area contributed by atoms with E-state index in [1.807, 2.05) is 24.4 Å². The van der Waals surface area contributed by atoms with Crippen molar-refractivity contribution < 1.29 is 0 Å². The lowest BCUT2D eigenvalue weighted by molar-refractivity contribution is 0.419. The fraction of sp³-hybridized carbons (Fsp3) is 0.143. The van der Waals surface area contributed by atoms with E-state index in [0.717, 1.165) is 22.3 Å². The fourth-order valence-corrected chi connectivity index (χ4v) is 5.60. The number of fused-ring (bicyclic) bond motifs is 2. The number of nitrogens with zero attached hydrogens (tertiary/aromatic N) is 3. The minimum Gasteiger partial charge on any atom is -0.332 e. The van der Waals surface area contributed by atoms with Crippen LogP contribution in [0.5, 0.6) is 0 Å². The standard InChI is InChI=1S/C21H21B5Cl2N4/c22-19(13-3-5-16(27)17(28)8-13)14-4-1-11(7-15(14)20(23,24)31-21(19,25)26)12-2-6-18-29-10-30-32(18)9-12/h1-10,31H,22-26H2. The van der Waals surface area contributed by atoms with Crippen molar-refractivity contribution in [1.29, 1.82) is 0 Å². The molecule has 5 rings (SSSR count). The first kappa shape index (κ1) is 21.8. The van der Waals surface area contributed by atoms with Crippen molar-refractivity contribution in [2.24, 2.45) is 0 Å². The fourth-order valence-electron chi connectivity index (χ4n) is 5.30. The number of aromatic nitrogens is 3. The van der Waals surface area contributed by atoms with Gasteiger partial charge in [-0.05, 0) is 62.5 Å². The van der Waals surface area contributed by atoms with E-state index >= 15 is 0 Å². The van der Waals surface area contributed by atoms with Gasteiger partial charge < -0.3 is 5.32 Å². The van der Waals surface area contributed by atoms with Crippen LogP contribution in [0.25, 0.3) is 16.8 Å². The third-order valence-electron chi connectivity index (χ3n) is 7.21. The van der Waals surface area contributed by atoms with Crippen molar-refractivity contribution in [3.8, 4) is 11.1 Å². The molecule has 11 heteroatoms. The highest BCUT2D eigenvalue weighted by Gasteiger charge is 2.51. The van der Waals surface area contributed by atoms with Gasteiger partial charge in [-0.15, -0.1) is 0 Å². The maximum Gasteiger partial charge on any atom is 0.155 e. The number of rotatable bonds is 2. The van der Waals surface area contributed by atoms with Crippen LogP contribution < -0.4 is 5.32 Å². The summed E-state index contributed by atoms with van der Waals surface area (Å²) in [4.78, 5) is 4.25. The number of halogens is 2.